The highest BCUT2D eigenvalue weighted by molar-refractivity contribution is 5.94. The zero-order chi connectivity index (χ0) is 19.5. The maximum absolute atomic E-state index is 12.8. The second-order valence-electron chi connectivity index (χ2n) is 7.45. The SMILES string of the molecule is CCN(CC)[C@@H]1CCN(c2ncnc3c2CCN(C(=O)c2cccnc2)C3)C1. The summed E-state index contributed by atoms with van der Waals surface area (Å²) in [6.45, 7) is 9.90. The zero-order valence-electron chi connectivity index (χ0n) is 16.7. The molecule has 28 heavy (non-hydrogen) atoms. The van der Waals surface area contributed by atoms with Gasteiger partial charge in [-0.25, -0.2) is 9.97 Å². The highest BCUT2D eigenvalue weighted by Gasteiger charge is 2.31. The summed E-state index contributed by atoms with van der Waals surface area (Å²) in [5.74, 6) is 1.08. The fourth-order valence-corrected chi connectivity index (χ4v) is 4.43. The molecule has 0 aliphatic carbocycles. The lowest BCUT2D eigenvalue weighted by Crippen LogP contribution is -2.39. The van der Waals surface area contributed by atoms with Crippen molar-refractivity contribution in [3.8, 4) is 0 Å². The number of likely N-dealkylation sites (N-methyl/N-ethyl adjacent to an activating group) is 1. The number of hydrogen-bond donors (Lipinski definition) is 0. The lowest BCUT2D eigenvalue weighted by molar-refractivity contribution is 0.0731. The molecule has 148 valence electrons. The lowest BCUT2D eigenvalue weighted by atomic mass is 10.0. The number of amides is 1. The van der Waals surface area contributed by atoms with Crippen LogP contribution >= 0.6 is 0 Å². The van der Waals surface area contributed by atoms with Crippen molar-refractivity contribution in [1.29, 1.82) is 0 Å². The average molecular weight is 380 g/mol. The summed E-state index contributed by atoms with van der Waals surface area (Å²) in [4.78, 5) is 32.8. The molecule has 2 aromatic heterocycles. The fourth-order valence-electron chi connectivity index (χ4n) is 4.43. The Morgan fingerprint density at radius 2 is 2.11 bits per heavy atom. The Morgan fingerprint density at radius 1 is 1.25 bits per heavy atom. The van der Waals surface area contributed by atoms with Crippen molar-refractivity contribution in [2.45, 2.75) is 39.3 Å². The van der Waals surface area contributed by atoms with Gasteiger partial charge in [-0.2, -0.15) is 0 Å². The Morgan fingerprint density at radius 3 is 2.86 bits per heavy atom. The van der Waals surface area contributed by atoms with Gasteiger partial charge < -0.3 is 9.80 Å². The molecule has 0 bridgehead atoms. The van der Waals surface area contributed by atoms with E-state index in [2.05, 4.69) is 38.6 Å². The predicted octanol–water partition coefficient (Wildman–Crippen LogP) is 1.99. The number of aromatic nitrogens is 3. The number of rotatable bonds is 5. The molecule has 0 radical (unpaired) electrons. The van der Waals surface area contributed by atoms with E-state index in [1.54, 1.807) is 24.8 Å². The molecular weight excluding hydrogens is 352 g/mol. The van der Waals surface area contributed by atoms with Gasteiger partial charge in [0.25, 0.3) is 5.91 Å². The van der Waals surface area contributed by atoms with Crippen LogP contribution in [0.4, 0.5) is 5.82 Å². The van der Waals surface area contributed by atoms with Crippen LogP contribution in [0, 0.1) is 0 Å². The van der Waals surface area contributed by atoms with E-state index in [1.165, 1.54) is 12.0 Å². The van der Waals surface area contributed by atoms with E-state index < -0.39 is 0 Å². The van der Waals surface area contributed by atoms with Crippen molar-refractivity contribution >= 4 is 11.7 Å². The van der Waals surface area contributed by atoms with Gasteiger partial charge in [0, 0.05) is 43.6 Å². The van der Waals surface area contributed by atoms with Gasteiger partial charge in [0.1, 0.15) is 12.1 Å². The minimum absolute atomic E-state index is 0.0154. The summed E-state index contributed by atoms with van der Waals surface area (Å²) < 4.78 is 0. The molecule has 4 rings (SSSR count). The number of carbonyl (C=O) groups is 1. The second kappa shape index (κ2) is 8.22. The predicted molar refractivity (Wildman–Crippen MR) is 108 cm³/mol. The maximum Gasteiger partial charge on any atom is 0.255 e. The van der Waals surface area contributed by atoms with Crippen molar-refractivity contribution in [3.05, 3.63) is 47.7 Å². The monoisotopic (exact) mass is 380 g/mol. The van der Waals surface area contributed by atoms with Crippen LogP contribution in [0.5, 0.6) is 0 Å². The summed E-state index contributed by atoms with van der Waals surface area (Å²) in [5, 5.41) is 0. The average Bonchev–Trinajstić information content (AvgIpc) is 3.23. The second-order valence-corrected chi connectivity index (χ2v) is 7.45. The first kappa shape index (κ1) is 18.8. The minimum atomic E-state index is 0.0154. The third-order valence-corrected chi connectivity index (χ3v) is 5.97. The van der Waals surface area contributed by atoms with Crippen molar-refractivity contribution in [1.82, 2.24) is 24.8 Å². The van der Waals surface area contributed by atoms with E-state index in [0.29, 0.717) is 24.7 Å². The molecule has 0 spiro atoms. The van der Waals surface area contributed by atoms with Crippen LogP contribution in [-0.4, -0.2) is 69.4 Å². The molecule has 1 atom stereocenters. The van der Waals surface area contributed by atoms with Crippen molar-refractivity contribution in [3.63, 3.8) is 0 Å². The van der Waals surface area contributed by atoms with Crippen LogP contribution in [-0.2, 0) is 13.0 Å². The normalized spacial score (nSPS) is 19.2. The van der Waals surface area contributed by atoms with Crippen LogP contribution < -0.4 is 4.90 Å². The van der Waals surface area contributed by atoms with Crippen LogP contribution in [0.3, 0.4) is 0 Å². The van der Waals surface area contributed by atoms with E-state index in [1.807, 2.05) is 11.0 Å². The molecule has 1 saturated heterocycles. The molecule has 0 unspecified atom stereocenters. The van der Waals surface area contributed by atoms with E-state index in [9.17, 15) is 4.79 Å². The van der Waals surface area contributed by atoms with Crippen LogP contribution in [0.2, 0.25) is 0 Å². The molecule has 2 aromatic rings. The third kappa shape index (κ3) is 3.58. The van der Waals surface area contributed by atoms with Gasteiger partial charge in [-0.15, -0.1) is 0 Å². The standard InChI is InChI=1S/C21H28N6O/c1-3-25(4-2)17-7-10-26(13-17)20-18-8-11-27(14-19(18)23-15-24-20)21(28)16-6-5-9-22-12-16/h5-6,9,12,15,17H,3-4,7-8,10-11,13-14H2,1-2H3/t17-/m1/s1. The van der Waals surface area contributed by atoms with E-state index in [-0.39, 0.29) is 5.91 Å². The number of hydrogen-bond acceptors (Lipinski definition) is 6. The van der Waals surface area contributed by atoms with Crippen molar-refractivity contribution in [2.24, 2.45) is 0 Å². The summed E-state index contributed by atoms with van der Waals surface area (Å²) in [7, 11) is 0. The van der Waals surface area contributed by atoms with Crippen molar-refractivity contribution < 1.29 is 4.79 Å². The summed E-state index contributed by atoms with van der Waals surface area (Å²) in [6.07, 6.45) is 6.93. The highest BCUT2D eigenvalue weighted by atomic mass is 16.2. The Hall–Kier alpha value is -2.54. The first-order valence-electron chi connectivity index (χ1n) is 10.2. The van der Waals surface area contributed by atoms with Gasteiger partial charge in [0.05, 0.1) is 17.8 Å². The first-order valence-corrected chi connectivity index (χ1v) is 10.2. The molecule has 1 fully saturated rings. The molecule has 0 N–H and O–H groups in total. The van der Waals surface area contributed by atoms with Crippen LogP contribution in [0.25, 0.3) is 0 Å². The fraction of sp³-hybridized carbons (Fsp3) is 0.524. The topological polar surface area (TPSA) is 65.5 Å². The van der Waals surface area contributed by atoms with Crippen molar-refractivity contribution in [2.75, 3.05) is 37.6 Å². The Bertz CT molecular complexity index is 823. The smallest absolute Gasteiger partial charge is 0.255 e. The van der Waals surface area contributed by atoms with Crippen LogP contribution in [0.15, 0.2) is 30.9 Å². The van der Waals surface area contributed by atoms with E-state index in [0.717, 1.165) is 44.1 Å². The minimum Gasteiger partial charge on any atom is -0.355 e. The van der Waals surface area contributed by atoms with Crippen LogP contribution in [0.1, 0.15) is 41.9 Å². The highest BCUT2D eigenvalue weighted by Crippen LogP contribution is 2.29. The molecule has 0 aromatic carbocycles. The van der Waals surface area contributed by atoms with E-state index in [4.69, 9.17) is 0 Å². The van der Waals surface area contributed by atoms with Gasteiger partial charge in [0.2, 0.25) is 0 Å². The van der Waals surface area contributed by atoms with Gasteiger partial charge in [-0.3, -0.25) is 14.7 Å². The summed E-state index contributed by atoms with van der Waals surface area (Å²) in [5.41, 5.74) is 2.81. The van der Waals surface area contributed by atoms with E-state index >= 15 is 0 Å². The molecule has 0 saturated carbocycles. The molecule has 4 heterocycles. The molecule has 2 aliphatic heterocycles. The largest absolute Gasteiger partial charge is 0.355 e. The number of carbonyl (C=O) groups excluding carboxylic acids is 1. The van der Waals surface area contributed by atoms with Gasteiger partial charge in [0.15, 0.2) is 0 Å². The number of anilines is 1. The molecular formula is C21H28N6O. The molecule has 2 aliphatic rings. The quantitative estimate of drug-likeness (QED) is 0.790. The summed E-state index contributed by atoms with van der Waals surface area (Å²) >= 11 is 0. The zero-order valence-corrected chi connectivity index (χ0v) is 16.7. The maximum atomic E-state index is 12.8. The van der Waals surface area contributed by atoms with Gasteiger partial charge in [-0.1, -0.05) is 13.8 Å². The number of fused-ring (bicyclic) bond motifs is 1. The third-order valence-electron chi connectivity index (χ3n) is 5.97. The van der Waals surface area contributed by atoms with Gasteiger partial charge >= 0.3 is 0 Å². The lowest BCUT2D eigenvalue weighted by Gasteiger charge is -2.31. The molecule has 7 nitrogen and oxygen atoms in total. The molecule has 7 heteroatoms. The van der Waals surface area contributed by atoms with Gasteiger partial charge in [-0.05, 0) is 38.1 Å². The summed E-state index contributed by atoms with van der Waals surface area (Å²) in [6, 6.07) is 4.20. The Kier molecular flexibility index (Phi) is 5.52. The first-order chi connectivity index (χ1) is 13.7. The number of nitrogens with zero attached hydrogens (tertiary/aromatic N) is 6. The Balaban J connectivity index is 1.50. The number of pyridine rings is 1. The molecule has 1 amide bonds. The Labute approximate surface area is 166 Å².